The van der Waals surface area contributed by atoms with Crippen LogP contribution in [0.1, 0.15) is 21.5 Å². The van der Waals surface area contributed by atoms with Crippen LogP contribution in [0.2, 0.25) is 0 Å². The van der Waals surface area contributed by atoms with Crippen molar-refractivity contribution in [2.24, 2.45) is 0 Å². The Morgan fingerprint density at radius 3 is 2.32 bits per heavy atom. The summed E-state index contributed by atoms with van der Waals surface area (Å²) in [7, 11) is 0. The molecule has 19 heavy (non-hydrogen) atoms. The molecule has 0 saturated heterocycles. The highest BCUT2D eigenvalue weighted by atomic mass is 79.9. The third kappa shape index (κ3) is 3.49. The van der Waals surface area contributed by atoms with E-state index in [1.54, 1.807) is 12.1 Å². The number of benzene rings is 2. The molecule has 0 aliphatic heterocycles. The minimum atomic E-state index is -0.228. The van der Waals surface area contributed by atoms with Gasteiger partial charge in [-0.2, -0.15) is 0 Å². The summed E-state index contributed by atoms with van der Waals surface area (Å²) in [4.78, 5) is -0.212. The first-order valence-corrected chi connectivity index (χ1v) is 8.74. The van der Waals surface area contributed by atoms with Gasteiger partial charge in [0, 0.05) is 19.0 Å². The number of aryl methyl sites for hydroxylation is 1. The van der Waals surface area contributed by atoms with Gasteiger partial charge in [0.05, 0.1) is 4.83 Å². The molecule has 0 bridgehead atoms. The Labute approximate surface area is 145 Å². The van der Waals surface area contributed by atoms with E-state index in [4.69, 9.17) is 0 Å². The fraction of sp³-hybridized carbons (Fsp3) is 0.143. The fourth-order valence-corrected chi connectivity index (χ4v) is 4.20. The lowest BCUT2D eigenvalue weighted by atomic mass is 10.0. The van der Waals surface area contributed by atoms with Crippen LogP contribution in [0.3, 0.4) is 0 Å². The fourth-order valence-electron chi connectivity index (χ4n) is 1.73. The van der Waals surface area contributed by atoms with E-state index in [0.29, 0.717) is 5.56 Å². The lowest BCUT2D eigenvalue weighted by Gasteiger charge is -2.15. The quantitative estimate of drug-likeness (QED) is 0.381. The minimum Gasteiger partial charge on any atom is -0.207 e. The van der Waals surface area contributed by atoms with Crippen molar-refractivity contribution in [3.8, 4) is 0 Å². The summed E-state index contributed by atoms with van der Waals surface area (Å²) in [6.07, 6.45) is 0. The van der Waals surface area contributed by atoms with Gasteiger partial charge in [0.15, 0.2) is 0 Å². The smallest absolute Gasteiger partial charge is 0.127 e. The number of hydrogen-bond acceptors (Lipinski definition) is 0. The van der Waals surface area contributed by atoms with Gasteiger partial charge in [-0.1, -0.05) is 63.7 Å². The van der Waals surface area contributed by atoms with Crippen molar-refractivity contribution in [3.05, 3.63) is 66.3 Å². The molecule has 0 aliphatic rings. The third-order valence-corrected chi connectivity index (χ3v) is 5.80. The minimum absolute atomic E-state index is 0.212. The highest BCUT2D eigenvalue weighted by molar-refractivity contribution is 9.11. The number of hydrogen-bond donors (Lipinski definition) is 0. The molecule has 2 rings (SSSR count). The second-order valence-corrected chi connectivity index (χ2v) is 7.69. The van der Waals surface area contributed by atoms with E-state index in [9.17, 15) is 4.39 Å². The van der Waals surface area contributed by atoms with Crippen LogP contribution in [0.4, 0.5) is 4.39 Å². The normalized spacial score (nSPS) is 12.5. The topological polar surface area (TPSA) is 0 Å². The summed E-state index contributed by atoms with van der Waals surface area (Å²) in [5, 5.41) is 0. The van der Waals surface area contributed by atoms with Crippen molar-refractivity contribution in [1.29, 1.82) is 0 Å². The Morgan fingerprint density at radius 1 is 0.947 bits per heavy atom. The molecule has 0 amide bonds. The van der Waals surface area contributed by atoms with Crippen molar-refractivity contribution in [2.75, 3.05) is 0 Å². The Morgan fingerprint density at radius 2 is 1.63 bits per heavy atom. The lowest BCUT2D eigenvalue weighted by molar-refractivity contribution is 0.613. The second-order valence-electron chi connectivity index (χ2n) is 4.15. The molecular weight excluding hydrogens is 507 g/mol. The maximum Gasteiger partial charge on any atom is 0.127 e. The SMILES string of the molecule is Cc1cc(Br)c(C(Br)c2cc(Br)ccc2F)cc1Br. The van der Waals surface area contributed by atoms with Gasteiger partial charge in [0.2, 0.25) is 0 Å². The van der Waals surface area contributed by atoms with Crippen LogP contribution in [-0.4, -0.2) is 0 Å². The van der Waals surface area contributed by atoms with Crippen molar-refractivity contribution in [1.82, 2.24) is 0 Å². The van der Waals surface area contributed by atoms with Gasteiger partial charge >= 0.3 is 0 Å². The van der Waals surface area contributed by atoms with Crippen molar-refractivity contribution in [2.45, 2.75) is 11.8 Å². The predicted octanol–water partition coefficient (Wildman–Crippen LogP) is 6.91. The lowest BCUT2D eigenvalue weighted by Crippen LogP contribution is -1.98. The first kappa shape index (κ1) is 15.7. The van der Waals surface area contributed by atoms with Gasteiger partial charge in [-0.15, -0.1) is 0 Å². The van der Waals surface area contributed by atoms with E-state index in [0.717, 1.165) is 24.5 Å². The van der Waals surface area contributed by atoms with E-state index < -0.39 is 0 Å². The molecule has 1 unspecified atom stereocenters. The molecule has 0 fully saturated rings. The van der Waals surface area contributed by atoms with E-state index >= 15 is 0 Å². The van der Waals surface area contributed by atoms with Gasteiger partial charge in [-0.05, 0) is 48.4 Å². The molecule has 2 aromatic carbocycles. The number of halogens is 5. The van der Waals surface area contributed by atoms with Gasteiger partial charge < -0.3 is 0 Å². The van der Waals surface area contributed by atoms with E-state index in [2.05, 4.69) is 63.7 Å². The highest BCUT2D eigenvalue weighted by Crippen LogP contribution is 2.39. The summed E-state index contributed by atoms with van der Waals surface area (Å²) in [6, 6.07) is 8.96. The summed E-state index contributed by atoms with van der Waals surface area (Å²) in [6.45, 7) is 2.02. The van der Waals surface area contributed by atoms with E-state index in [-0.39, 0.29) is 10.6 Å². The van der Waals surface area contributed by atoms with Crippen molar-refractivity contribution < 1.29 is 4.39 Å². The van der Waals surface area contributed by atoms with Gasteiger partial charge in [-0.3, -0.25) is 0 Å². The van der Waals surface area contributed by atoms with Crippen molar-refractivity contribution in [3.63, 3.8) is 0 Å². The van der Waals surface area contributed by atoms with Crippen LogP contribution in [-0.2, 0) is 0 Å². The summed E-state index contributed by atoms with van der Waals surface area (Å²) >= 11 is 14.0. The molecule has 5 heteroatoms. The first-order chi connectivity index (χ1) is 8.90. The Kier molecular flexibility index (Phi) is 5.26. The van der Waals surface area contributed by atoms with E-state index in [1.165, 1.54) is 6.07 Å². The summed E-state index contributed by atoms with van der Waals surface area (Å²) in [5.41, 5.74) is 2.71. The second kappa shape index (κ2) is 6.37. The Hall–Kier alpha value is 0.290. The van der Waals surface area contributed by atoms with E-state index in [1.807, 2.05) is 19.1 Å². The average Bonchev–Trinajstić information content (AvgIpc) is 2.36. The zero-order valence-electron chi connectivity index (χ0n) is 9.85. The van der Waals surface area contributed by atoms with Crippen LogP contribution in [0, 0.1) is 12.7 Å². The third-order valence-electron chi connectivity index (χ3n) is 2.78. The van der Waals surface area contributed by atoms with Gasteiger partial charge in [0.25, 0.3) is 0 Å². The van der Waals surface area contributed by atoms with Crippen LogP contribution >= 0.6 is 63.7 Å². The standard InChI is InChI=1S/C14H9Br4F/c1-7-4-12(17)9(6-11(7)16)14(18)10-5-8(15)2-3-13(10)19/h2-6,14H,1H3. The van der Waals surface area contributed by atoms with Gasteiger partial charge in [-0.25, -0.2) is 4.39 Å². The Bertz CT molecular complexity index is 625. The number of alkyl halides is 1. The largest absolute Gasteiger partial charge is 0.207 e. The average molecular weight is 516 g/mol. The maximum absolute atomic E-state index is 13.9. The molecular formula is C14H9Br4F. The van der Waals surface area contributed by atoms with Crippen LogP contribution in [0.25, 0.3) is 0 Å². The summed E-state index contributed by atoms with van der Waals surface area (Å²) < 4.78 is 16.8. The zero-order chi connectivity index (χ0) is 14.2. The maximum atomic E-state index is 13.9. The molecule has 0 aromatic heterocycles. The number of rotatable bonds is 2. The molecule has 1 atom stereocenters. The summed E-state index contributed by atoms with van der Waals surface area (Å²) in [5.74, 6) is -0.228. The van der Waals surface area contributed by atoms with Crippen molar-refractivity contribution >= 4 is 63.7 Å². The zero-order valence-corrected chi connectivity index (χ0v) is 16.2. The molecule has 100 valence electrons. The monoisotopic (exact) mass is 512 g/mol. The molecule has 0 N–H and O–H groups in total. The van der Waals surface area contributed by atoms with Crippen LogP contribution in [0.5, 0.6) is 0 Å². The first-order valence-electron chi connectivity index (χ1n) is 5.44. The Balaban J connectivity index is 2.52. The molecule has 0 saturated carbocycles. The van der Waals surface area contributed by atoms with Crippen LogP contribution < -0.4 is 0 Å². The predicted molar refractivity (Wildman–Crippen MR) is 91.4 cm³/mol. The molecule has 0 heterocycles. The highest BCUT2D eigenvalue weighted by Gasteiger charge is 2.18. The molecule has 0 nitrogen and oxygen atoms in total. The van der Waals surface area contributed by atoms with Gasteiger partial charge in [0.1, 0.15) is 5.82 Å². The molecule has 2 aromatic rings. The molecule has 0 spiro atoms. The molecule has 0 radical (unpaired) electrons. The molecule has 0 aliphatic carbocycles. The van der Waals surface area contributed by atoms with Crippen LogP contribution in [0.15, 0.2) is 43.7 Å².